The molecule has 0 saturated carbocycles. The average molecular weight is 326 g/mol. The van der Waals surface area contributed by atoms with Crippen molar-refractivity contribution in [1.82, 2.24) is 5.32 Å². The zero-order valence-corrected chi connectivity index (χ0v) is 12.6. The van der Waals surface area contributed by atoms with Gasteiger partial charge in [0.2, 0.25) is 0 Å². The molecule has 2 rings (SSSR count). The van der Waals surface area contributed by atoms with Gasteiger partial charge in [-0.25, -0.2) is 4.39 Å². The maximum absolute atomic E-state index is 13.1. The Morgan fingerprint density at radius 1 is 1.37 bits per heavy atom. The molecule has 0 saturated heterocycles. The van der Waals surface area contributed by atoms with Crippen molar-refractivity contribution in [3.05, 3.63) is 57.7 Å². The predicted octanol–water partition coefficient (Wildman–Crippen LogP) is 4.38. The Balaban J connectivity index is 2.24. The van der Waals surface area contributed by atoms with Crippen LogP contribution in [0.2, 0.25) is 0 Å². The molecule has 1 unspecified atom stereocenters. The molecule has 2 nitrogen and oxygen atoms in total. The first kappa shape index (κ1) is 14.3. The lowest BCUT2D eigenvalue weighted by Gasteiger charge is -2.17. The van der Waals surface area contributed by atoms with Crippen LogP contribution in [-0.4, -0.2) is 6.54 Å². The molecule has 0 bridgehead atoms. The molecule has 0 spiro atoms. The highest BCUT2D eigenvalue weighted by molar-refractivity contribution is 9.10. The molecule has 4 heteroatoms. The third kappa shape index (κ3) is 3.45. The normalized spacial score (nSPS) is 12.6. The fourth-order valence-electron chi connectivity index (χ4n) is 2.15. The molecule has 1 aromatic carbocycles. The number of rotatable bonds is 5. The van der Waals surface area contributed by atoms with Crippen LogP contribution >= 0.6 is 15.9 Å². The van der Waals surface area contributed by atoms with Gasteiger partial charge in [-0.1, -0.05) is 28.9 Å². The largest absolute Gasteiger partial charge is 0.467 e. The van der Waals surface area contributed by atoms with Crippen LogP contribution in [-0.2, 0) is 6.42 Å². The lowest BCUT2D eigenvalue weighted by molar-refractivity contribution is 0.413. The Bertz CT molecular complexity index is 553. The molecule has 2 aromatic rings. The summed E-state index contributed by atoms with van der Waals surface area (Å²) in [6.07, 6.45) is 2.46. The zero-order chi connectivity index (χ0) is 13.8. The highest BCUT2D eigenvalue weighted by Crippen LogP contribution is 2.26. The number of furan rings is 1. The first-order valence-corrected chi connectivity index (χ1v) is 7.12. The van der Waals surface area contributed by atoms with E-state index in [0.717, 1.165) is 34.3 Å². The third-order valence-corrected chi connectivity index (χ3v) is 3.85. The average Bonchev–Trinajstić information content (AvgIpc) is 2.78. The molecule has 19 heavy (non-hydrogen) atoms. The molecule has 0 aliphatic carbocycles. The number of likely N-dealkylation sites (N-methyl/N-ethyl adjacent to an activating group) is 1. The number of hydrogen-bond donors (Lipinski definition) is 1. The molecule has 0 radical (unpaired) electrons. The number of halogens is 2. The van der Waals surface area contributed by atoms with Gasteiger partial charge in [0, 0.05) is 4.47 Å². The lowest BCUT2D eigenvalue weighted by Crippen LogP contribution is -2.23. The lowest BCUT2D eigenvalue weighted by atomic mass is 10.0. The fourth-order valence-corrected chi connectivity index (χ4v) is 2.67. The van der Waals surface area contributed by atoms with Crippen LogP contribution in [0.25, 0.3) is 0 Å². The van der Waals surface area contributed by atoms with Crippen LogP contribution in [0.15, 0.2) is 39.4 Å². The first-order valence-electron chi connectivity index (χ1n) is 6.33. The van der Waals surface area contributed by atoms with E-state index < -0.39 is 0 Å². The molecule has 0 amide bonds. The summed E-state index contributed by atoms with van der Waals surface area (Å²) < 4.78 is 19.5. The highest BCUT2D eigenvalue weighted by atomic mass is 79.9. The number of benzene rings is 1. The van der Waals surface area contributed by atoms with Crippen molar-refractivity contribution in [2.75, 3.05) is 6.54 Å². The van der Waals surface area contributed by atoms with E-state index in [0.29, 0.717) is 0 Å². The molecule has 1 N–H and O–H groups in total. The molecular formula is C15H17BrFNO. The standard InChI is InChI=1S/C15H17BrFNO/c1-3-18-14(15-10(2)6-7-19-15)8-11-4-5-12(17)9-13(11)16/h4-7,9,14,18H,3,8H2,1-2H3. The van der Waals surface area contributed by atoms with Crippen LogP contribution in [0.4, 0.5) is 4.39 Å². The molecule has 102 valence electrons. The van der Waals surface area contributed by atoms with Crippen molar-refractivity contribution < 1.29 is 8.81 Å². The van der Waals surface area contributed by atoms with Gasteiger partial charge < -0.3 is 9.73 Å². The third-order valence-electron chi connectivity index (χ3n) is 3.11. The fraction of sp³-hybridized carbons (Fsp3) is 0.333. The molecule has 0 aliphatic heterocycles. The van der Waals surface area contributed by atoms with Gasteiger partial charge in [-0.3, -0.25) is 0 Å². The van der Waals surface area contributed by atoms with E-state index in [2.05, 4.69) is 28.2 Å². The summed E-state index contributed by atoms with van der Waals surface area (Å²) in [4.78, 5) is 0. The minimum absolute atomic E-state index is 0.0989. The summed E-state index contributed by atoms with van der Waals surface area (Å²) in [6.45, 7) is 4.94. The van der Waals surface area contributed by atoms with Gasteiger partial charge in [-0.2, -0.15) is 0 Å². The minimum atomic E-state index is -0.232. The molecule has 0 aliphatic rings. The smallest absolute Gasteiger partial charge is 0.124 e. The monoisotopic (exact) mass is 325 g/mol. The summed E-state index contributed by atoms with van der Waals surface area (Å²) in [5, 5.41) is 3.41. The van der Waals surface area contributed by atoms with Gasteiger partial charge in [0.05, 0.1) is 12.3 Å². The van der Waals surface area contributed by atoms with E-state index in [4.69, 9.17) is 4.42 Å². The summed E-state index contributed by atoms with van der Waals surface area (Å²) in [5.41, 5.74) is 2.19. The van der Waals surface area contributed by atoms with Crippen LogP contribution < -0.4 is 5.32 Å². The second-order valence-electron chi connectivity index (χ2n) is 4.52. The Morgan fingerprint density at radius 3 is 2.74 bits per heavy atom. The molecular weight excluding hydrogens is 309 g/mol. The molecule has 0 fully saturated rings. The second-order valence-corrected chi connectivity index (χ2v) is 5.37. The van der Waals surface area contributed by atoms with Gasteiger partial charge >= 0.3 is 0 Å². The van der Waals surface area contributed by atoms with E-state index in [1.165, 1.54) is 12.1 Å². The Hall–Kier alpha value is -1.13. The van der Waals surface area contributed by atoms with Crippen molar-refractivity contribution in [2.24, 2.45) is 0 Å². The number of hydrogen-bond acceptors (Lipinski definition) is 2. The van der Waals surface area contributed by atoms with E-state index >= 15 is 0 Å². The maximum atomic E-state index is 13.1. The van der Waals surface area contributed by atoms with Crippen molar-refractivity contribution >= 4 is 15.9 Å². The molecule has 1 aromatic heterocycles. The molecule has 1 heterocycles. The van der Waals surface area contributed by atoms with Crippen LogP contribution in [0.1, 0.15) is 29.9 Å². The van der Waals surface area contributed by atoms with Crippen molar-refractivity contribution in [2.45, 2.75) is 26.3 Å². The van der Waals surface area contributed by atoms with Gasteiger partial charge in [0.15, 0.2) is 0 Å². The van der Waals surface area contributed by atoms with Crippen LogP contribution in [0, 0.1) is 12.7 Å². The quantitative estimate of drug-likeness (QED) is 0.882. The molecule has 1 atom stereocenters. The van der Waals surface area contributed by atoms with Gasteiger partial charge in [-0.15, -0.1) is 0 Å². The Kier molecular flexibility index (Phi) is 4.77. The highest BCUT2D eigenvalue weighted by Gasteiger charge is 2.18. The summed E-state index contributed by atoms with van der Waals surface area (Å²) >= 11 is 3.41. The van der Waals surface area contributed by atoms with E-state index in [-0.39, 0.29) is 11.9 Å². The maximum Gasteiger partial charge on any atom is 0.124 e. The number of aryl methyl sites for hydroxylation is 1. The van der Waals surface area contributed by atoms with Crippen molar-refractivity contribution in [3.63, 3.8) is 0 Å². The zero-order valence-electron chi connectivity index (χ0n) is 11.0. The summed E-state index contributed by atoms with van der Waals surface area (Å²) in [7, 11) is 0. The van der Waals surface area contributed by atoms with Crippen molar-refractivity contribution in [3.8, 4) is 0 Å². The predicted molar refractivity (Wildman–Crippen MR) is 77.7 cm³/mol. The van der Waals surface area contributed by atoms with E-state index in [1.54, 1.807) is 6.26 Å². The Labute approximate surface area is 121 Å². The van der Waals surface area contributed by atoms with E-state index in [9.17, 15) is 4.39 Å². The van der Waals surface area contributed by atoms with Gasteiger partial charge in [0.25, 0.3) is 0 Å². The SMILES string of the molecule is CCNC(Cc1ccc(F)cc1Br)c1occc1C. The number of nitrogens with one attached hydrogen (secondary N) is 1. The second kappa shape index (κ2) is 6.35. The van der Waals surface area contributed by atoms with E-state index in [1.807, 2.05) is 19.1 Å². The summed E-state index contributed by atoms with van der Waals surface area (Å²) in [5.74, 6) is 0.711. The van der Waals surface area contributed by atoms with Crippen LogP contribution in [0.3, 0.4) is 0 Å². The van der Waals surface area contributed by atoms with Gasteiger partial charge in [-0.05, 0) is 49.2 Å². The minimum Gasteiger partial charge on any atom is -0.467 e. The Morgan fingerprint density at radius 2 is 2.16 bits per heavy atom. The van der Waals surface area contributed by atoms with Crippen molar-refractivity contribution in [1.29, 1.82) is 0 Å². The summed E-state index contributed by atoms with van der Waals surface area (Å²) in [6, 6.07) is 6.84. The first-order chi connectivity index (χ1) is 9.11. The van der Waals surface area contributed by atoms with Crippen LogP contribution in [0.5, 0.6) is 0 Å². The topological polar surface area (TPSA) is 25.2 Å². The van der Waals surface area contributed by atoms with Gasteiger partial charge in [0.1, 0.15) is 11.6 Å².